The van der Waals surface area contributed by atoms with Crippen LogP contribution in [-0.4, -0.2) is 17.5 Å². The SMILES string of the molecule is CN(Cc1ccc(Br)cc1)C12CC3CC(CC(C3)C1)C2. The monoisotopic (exact) mass is 333 g/mol. The minimum atomic E-state index is 0.530. The molecule has 108 valence electrons. The lowest BCUT2D eigenvalue weighted by molar-refractivity contribution is -0.0822. The molecule has 0 heterocycles. The standard InChI is InChI=1S/C18H24BrN/c1-20(12-13-2-4-17(19)5-3-13)18-9-14-6-15(10-18)8-16(7-14)11-18/h2-5,14-16H,6-12H2,1H3. The Hall–Kier alpha value is -0.340. The van der Waals surface area contributed by atoms with Crippen LogP contribution in [0.4, 0.5) is 0 Å². The fourth-order valence-electron chi connectivity index (χ4n) is 5.56. The second kappa shape index (κ2) is 4.84. The fraction of sp³-hybridized carbons (Fsp3) is 0.667. The summed E-state index contributed by atoms with van der Waals surface area (Å²) < 4.78 is 1.18. The van der Waals surface area contributed by atoms with Crippen molar-refractivity contribution in [2.45, 2.75) is 50.6 Å². The van der Waals surface area contributed by atoms with Crippen molar-refractivity contribution in [1.82, 2.24) is 4.90 Å². The predicted octanol–water partition coefficient (Wildman–Crippen LogP) is 4.85. The molecule has 0 aliphatic heterocycles. The van der Waals surface area contributed by atoms with Crippen LogP contribution in [0.2, 0.25) is 0 Å². The van der Waals surface area contributed by atoms with Gasteiger partial charge in [-0.2, -0.15) is 0 Å². The molecular weight excluding hydrogens is 310 g/mol. The molecule has 1 aromatic carbocycles. The summed E-state index contributed by atoms with van der Waals surface area (Å²) in [4.78, 5) is 2.70. The topological polar surface area (TPSA) is 3.24 Å². The van der Waals surface area contributed by atoms with Crippen molar-refractivity contribution in [3.8, 4) is 0 Å². The highest BCUT2D eigenvalue weighted by Gasteiger charge is 2.52. The molecule has 0 unspecified atom stereocenters. The molecule has 5 rings (SSSR count). The first-order chi connectivity index (χ1) is 9.63. The largest absolute Gasteiger partial charge is 0.296 e. The summed E-state index contributed by atoms with van der Waals surface area (Å²) in [7, 11) is 2.37. The second-order valence-electron chi connectivity index (χ2n) is 7.62. The summed E-state index contributed by atoms with van der Waals surface area (Å²) in [5, 5.41) is 0. The average molecular weight is 334 g/mol. The maximum atomic E-state index is 3.53. The van der Waals surface area contributed by atoms with Crippen LogP contribution in [0.5, 0.6) is 0 Å². The van der Waals surface area contributed by atoms with Crippen molar-refractivity contribution in [3.63, 3.8) is 0 Å². The molecule has 4 aliphatic rings. The van der Waals surface area contributed by atoms with Crippen molar-refractivity contribution in [3.05, 3.63) is 34.3 Å². The van der Waals surface area contributed by atoms with Crippen molar-refractivity contribution in [2.75, 3.05) is 7.05 Å². The van der Waals surface area contributed by atoms with Crippen molar-refractivity contribution in [2.24, 2.45) is 17.8 Å². The van der Waals surface area contributed by atoms with Crippen LogP contribution < -0.4 is 0 Å². The fourth-order valence-corrected chi connectivity index (χ4v) is 5.83. The zero-order valence-electron chi connectivity index (χ0n) is 12.3. The van der Waals surface area contributed by atoms with E-state index in [-0.39, 0.29) is 0 Å². The van der Waals surface area contributed by atoms with Gasteiger partial charge in [0.1, 0.15) is 0 Å². The molecule has 0 radical (unpaired) electrons. The zero-order chi connectivity index (χ0) is 13.7. The Kier molecular flexibility index (Phi) is 3.23. The molecule has 0 amide bonds. The van der Waals surface area contributed by atoms with Crippen LogP contribution in [0.25, 0.3) is 0 Å². The lowest BCUT2D eigenvalue weighted by Gasteiger charge is -2.60. The van der Waals surface area contributed by atoms with Gasteiger partial charge < -0.3 is 0 Å². The quantitative estimate of drug-likeness (QED) is 0.764. The molecule has 0 N–H and O–H groups in total. The maximum absolute atomic E-state index is 3.53. The van der Waals surface area contributed by atoms with Gasteiger partial charge in [0.15, 0.2) is 0 Å². The van der Waals surface area contributed by atoms with Gasteiger partial charge in [0.25, 0.3) is 0 Å². The molecule has 2 heteroatoms. The number of benzene rings is 1. The maximum Gasteiger partial charge on any atom is 0.0236 e. The van der Waals surface area contributed by atoms with E-state index in [0.29, 0.717) is 5.54 Å². The number of rotatable bonds is 3. The second-order valence-corrected chi connectivity index (χ2v) is 8.54. The molecular formula is C18H24BrN. The van der Waals surface area contributed by atoms with E-state index in [2.05, 4.69) is 52.1 Å². The smallest absolute Gasteiger partial charge is 0.0236 e. The molecule has 4 bridgehead atoms. The average Bonchev–Trinajstić information content (AvgIpc) is 2.40. The Morgan fingerprint density at radius 3 is 2.00 bits per heavy atom. The molecule has 0 saturated heterocycles. The van der Waals surface area contributed by atoms with E-state index in [1.165, 1.54) is 48.6 Å². The van der Waals surface area contributed by atoms with E-state index >= 15 is 0 Å². The Morgan fingerprint density at radius 2 is 1.50 bits per heavy atom. The number of halogens is 1. The summed E-state index contributed by atoms with van der Waals surface area (Å²) in [5.74, 6) is 3.11. The van der Waals surface area contributed by atoms with Crippen LogP contribution >= 0.6 is 15.9 Å². The molecule has 4 saturated carbocycles. The van der Waals surface area contributed by atoms with E-state index in [4.69, 9.17) is 0 Å². The van der Waals surface area contributed by atoms with Crippen molar-refractivity contribution < 1.29 is 0 Å². The van der Waals surface area contributed by atoms with E-state index in [9.17, 15) is 0 Å². The molecule has 4 aliphatic carbocycles. The number of hydrogen-bond donors (Lipinski definition) is 0. The normalized spacial score (nSPS) is 38.6. The van der Waals surface area contributed by atoms with Gasteiger partial charge in [-0.05, 0) is 81.0 Å². The van der Waals surface area contributed by atoms with Crippen LogP contribution in [0.15, 0.2) is 28.7 Å². The van der Waals surface area contributed by atoms with E-state index in [1.54, 1.807) is 0 Å². The van der Waals surface area contributed by atoms with Gasteiger partial charge in [-0.1, -0.05) is 28.1 Å². The summed E-state index contributed by atoms with van der Waals surface area (Å²) in [6.45, 7) is 1.11. The predicted molar refractivity (Wildman–Crippen MR) is 86.5 cm³/mol. The third kappa shape index (κ3) is 2.25. The van der Waals surface area contributed by atoms with E-state index in [1.807, 2.05) is 0 Å². The summed E-state index contributed by atoms with van der Waals surface area (Å²) in [6.07, 6.45) is 8.99. The highest BCUT2D eigenvalue weighted by molar-refractivity contribution is 9.10. The van der Waals surface area contributed by atoms with Gasteiger partial charge in [0.2, 0.25) is 0 Å². The van der Waals surface area contributed by atoms with Crippen LogP contribution in [0.1, 0.15) is 44.1 Å². The van der Waals surface area contributed by atoms with Gasteiger partial charge in [-0.15, -0.1) is 0 Å². The molecule has 0 aromatic heterocycles. The van der Waals surface area contributed by atoms with E-state index < -0.39 is 0 Å². The Morgan fingerprint density at radius 1 is 1.00 bits per heavy atom. The Balaban J connectivity index is 1.53. The molecule has 20 heavy (non-hydrogen) atoms. The molecule has 4 fully saturated rings. The Bertz CT molecular complexity index is 457. The minimum absolute atomic E-state index is 0.530. The van der Waals surface area contributed by atoms with Gasteiger partial charge >= 0.3 is 0 Å². The first kappa shape index (κ1) is 13.3. The minimum Gasteiger partial charge on any atom is -0.296 e. The number of nitrogens with zero attached hydrogens (tertiary/aromatic N) is 1. The van der Waals surface area contributed by atoms with Crippen LogP contribution in [-0.2, 0) is 6.54 Å². The third-order valence-corrected chi connectivity index (χ3v) is 6.68. The van der Waals surface area contributed by atoms with Crippen LogP contribution in [0, 0.1) is 17.8 Å². The third-order valence-electron chi connectivity index (χ3n) is 6.15. The first-order valence-corrected chi connectivity index (χ1v) is 8.88. The molecule has 1 nitrogen and oxygen atoms in total. The Labute approximate surface area is 130 Å². The molecule has 0 spiro atoms. The summed E-state index contributed by atoms with van der Waals surface area (Å²) in [6, 6.07) is 8.87. The lowest BCUT2D eigenvalue weighted by atomic mass is 9.52. The highest BCUT2D eigenvalue weighted by atomic mass is 79.9. The van der Waals surface area contributed by atoms with Gasteiger partial charge in [0, 0.05) is 16.6 Å². The zero-order valence-corrected chi connectivity index (χ0v) is 13.9. The van der Waals surface area contributed by atoms with E-state index in [0.717, 1.165) is 24.3 Å². The van der Waals surface area contributed by atoms with Gasteiger partial charge in [-0.3, -0.25) is 4.90 Å². The summed E-state index contributed by atoms with van der Waals surface area (Å²) in [5.41, 5.74) is 1.98. The molecule has 1 aromatic rings. The van der Waals surface area contributed by atoms with Gasteiger partial charge in [-0.25, -0.2) is 0 Å². The van der Waals surface area contributed by atoms with Crippen molar-refractivity contribution in [1.29, 1.82) is 0 Å². The van der Waals surface area contributed by atoms with Gasteiger partial charge in [0.05, 0.1) is 0 Å². The number of hydrogen-bond acceptors (Lipinski definition) is 1. The van der Waals surface area contributed by atoms with Crippen molar-refractivity contribution >= 4 is 15.9 Å². The highest BCUT2D eigenvalue weighted by Crippen LogP contribution is 2.57. The summed E-state index contributed by atoms with van der Waals surface area (Å²) >= 11 is 3.53. The van der Waals surface area contributed by atoms with Crippen LogP contribution in [0.3, 0.4) is 0 Å². The lowest BCUT2D eigenvalue weighted by Crippen LogP contribution is -2.58. The molecule has 0 atom stereocenters. The first-order valence-electron chi connectivity index (χ1n) is 8.09.